The maximum atomic E-state index is 9.51. The second-order valence-electron chi connectivity index (χ2n) is 7.50. The Balaban J connectivity index is 2.22. The van der Waals surface area contributed by atoms with E-state index in [9.17, 15) is 5.21 Å². The minimum absolute atomic E-state index is 0.620. The molecule has 0 aromatic heterocycles. The highest BCUT2D eigenvalue weighted by Gasteiger charge is 2.20. The summed E-state index contributed by atoms with van der Waals surface area (Å²) in [7, 11) is 0. The first kappa shape index (κ1) is 20.9. The molecule has 0 radical (unpaired) electrons. The lowest BCUT2D eigenvalue weighted by Crippen LogP contribution is -2.45. The van der Waals surface area contributed by atoms with Crippen LogP contribution in [-0.2, 0) is 0 Å². The normalized spacial score (nSPS) is 17.2. The van der Waals surface area contributed by atoms with Gasteiger partial charge in [0.25, 0.3) is 0 Å². The second kappa shape index (κ2) is 14.2. The van der Waals surface area contributed by atoms with E-state index in [1.807, 2.05) is 0 Å². The van der Waals surface area contributed by atoms with E-state index in [1.165, 1.54) is 82.1 Å². The number of nitrogens with one attached hydrogen (secondary N) is 1. The Hall–Kier alpha value is -0.120. The first-order chi connectivity index (χ1) is 11.3. The van der Waals surface area contributed by atoms with Crippen molar-refractivity contribution in [2.45, 2.75) is 116 Å². The van der Waals surface area contributed by atoms with Crippen LogP contribution >= 0.6 is 0 Å². The third-order valence-electron chi connectivity index (χ3n) is 5.26. The van der Waals surface area contributed by atoms with E-state index in [-0.39, 0.29) is 0 Å². The average molecular weight is 327 g/mol. The predicted molar refractivity (Wildman–Crippen MR) is 100 cm³/mol. The molecule has 2 N–H and O–H groups in total. The van der Waals surface area contributed by atoms with Crippen LogP contribution in [0.2, 0.25) is 0 Å². The van der Waals surface area contributed by atoms with Crippen LogP contribution in [0.4, 0.5) is 0 Å². The van der Waals surface area contributed by atoms with E-state index in [2.05, 4.69) is 19.2 Å². The van der Waals surface area contributed by atoms with Crippen molar-refractivity contribution in [2.75, 3.05) is 13.1 Å². The van der Waals surface area contributed by atoms with Crippen LogP contribution in [0.15, 0.2) is 0 Å². The second-order valence-corrected chi connectivity index (χ2v) is 7.50. The van der Waals surface area contributed by atoms with E-state index >= 15 is 0 Å². The van der Waals surface area contributed by atoms with Gasteiger partial charge >= 0.3 is 0 Å². The van der Waals surface area contributed by atoms with Crippen molar-refractivity contribution in [3.63, 3.8) is 0 Å². The number of unbranched alkanes of at least 4 members (excludes halogenated alkanes) is 8. The molecule has 1 heterocycles. The topological polar surface area (TPSA) is 35.5 Å². The molecule has 0 amide bonds. The fourth-order valence-corrected chi connectivity index (χ4v) is 3.67. The summed E-state index contributed by atoms with van der Waals surface area (Å²) in [4.78, 5) is 0. The summed E-state index contributed by atoms with van der Waals surface area (Å²) in [6.07, 6.45) is 18.7. The third-order valence-corrected chi connectivity index (χ3v) is 5.26. The minimum atomic E-state index is 0.620. The highest BCUT2D eigenvalue weighted by molar-refractivity contribution is 4.79. The summed E-state index contributed by atoms with van der Waals surface area (Å²) < 4.78 is 0. The van der Waals surface area contributed by atoms with Gasteiger partial charge in [0.2, 0.25) is 0 Å². The minimum Gasteiger partial charge on any atom is -0.314 e. The van der Waals surface area contributed by atoms with Gasteiger partial charge in [-0.2, -0.15) is 5.06 Å². The first-order valence-corrected chi connectivity index (χ1v) is 10.5. The van der Waals surface area contributed by atoms with Gasteiger partial charge in [-0.15, -0.1) is 0 Å². The Bertz CT molecular complexity index is 238. The SMILES string of the molecule is CCCCCCCC(CCCCCCC)NC1CCN(O)CC1. The molecule has 1 saturated heterocycles. The number of piperidine rings is 1. The van der Waals surface area contributed by atoms with Crippen molar-refractivity contribution in [3.8, 4) is 0 Å². The van der Waals surface area contributed by atoms with Crippen LogP contribution in [0.1, 0.15) is 104 Å². The summed E-state index contributed by atoms with van der Waals surface area (Å²) in [6, 6.07) is 1.32. The maximum absolute atomic E-state index is 9.51. The molecule has 0 aromatic rings. The van der Waals surface area contributed by atoms with E-state index in [0.29, 0.717) is 12.1 Å². The summed E-state index contributed by atoms with van der Waals surface area (Å²) in [5, 5.41) is 14.9. The molecule has 23 heavy (non-hydrogen) atoms. The molecule has 0 bridgehead atoms. The van der Waals surface area contributed by atoms with Gasteiger partial charge in [0.15, 0.2) is 0 Å². The van der Waals surface area contributed by atoms with E-state index in [0.717, 1.165) is 25.9 Å². The lowest BCUT2D eigenvalue weighted by molar-refractivity contribution is -0.108. The fraction of sp³-hybridized carbons (Fsp3) is 1.00. The molecule has 0 aromatic carbocycles. The Morgan fingerprint density at radius 2 is 1.30 bits per heavy atom. The average Bonchev–Trinajstić information content (AvgIpc) is 2.56. The molecule has 1 aliphatic heterocycles. The first-order valence-electron chi connectivity index (χ1n) is 10.5. The zero-order valence-electron chi connectivity index (χ0n) is 15.9. The molecule has 0 aliphatic carbocycles. The van der Waals surface area contributed by atoms with Crippen LogP contribution < -0.4 is 5.32 Å². The largest absolute Gasteiger partial charge is 0.314 e. The van der Waals surface area contributed by atoms with Gasteiger partial charge in [-0.05, 0) is 25.7 Å². The van der Waals surface area contributed by atoms with Gasteiger partial charge in [0.05, 0.1) is 0 Å². The monoisotopic (exact) mass is 326 g/mol. The Morgan fingerprint density at radius 1 is 0.826 bits per heavy atom. The number of hydrogen-bond acceptors (Lipinski definition) is 3. The quantitative estimate of drug-likeness (QED) is 0.413. The molecule has 1 fully saturated rings. The zero-order chi connectivity index (χ0) is 16.8. The molecular formula is C20H42N2O. The molecule has 3 nitrogen and oxygen atoms in total. The summed E-state index contributed by atoms with van der Waals surface area (Å²) >= 11 is 0. The summed E-state index contributed by atoms with van der Waals surface area (Å²) in [5.74, 6) is 0. The number of nitrogens with zero attached hydrogens (tertiary/aromatic N) is 1. The van der Waals surface area contributed by atoms with Crippen LogP contribution in [-0.4, -0.2) is 35.4 Å². The van der Waals surface area contributed by atoms with Gasteiger partial charge in [0, 0.05) is 25.2 Å². The number of rotatable bonds is 14. The van der Waals surface area contributed by atoms with E-state index in [1.54, 1.807) is 0 Å². The Labute approximate surface area is 145 Å². The molecule has 0 saturated carbocycles. The van der Waals surface area contributed by atoms with Crippen molar-refractivity contribution in [2.24, 2.45) is 0 Å². The third kappa shape index (κ3) is 11.1. The van der Waals surface area contributed by atoms with Crippen LogP contribution in [0.5, 0.6) is 0 Å². The van der Waals surface area contributed by atoms with Gasteiger partial charge in [-0.25, -0.2) is 0 Å². The fourth-order valence-electron chi connectivity index (χ4n) is 3.67. The Morgan fingerprint density at radius 3 is 1.78 bits per heavy atom. The van der Waals surface area contributed by atoms with E-state index < -0.39 is 0 Å². The molecule has 3 heteroatoms. The molecular weight excluding hydrogens is 284 g/mol. The maximum Gasteiger partial charge on any atom is 0.0253 e. The van der Waals surface area contributed by atoms with Crippen molar-refractivity contribution < 1.29 is 5.21 Å². The predicted octanol–water partition coefficient (Wildman–Crippen LogP) is 5.52. The number of hydrogen-bond donors (Lipinski definition) is 2. The molecule has 1 aliphatic rings. The molecule has 0 unspecified atom stereocenters. The molecule has 1 rings (SSSR count). The van der Waals surface area contributed by atoms with Gasteiger partial charge in [0.1, 0.15) is 0 Å². The molecule has 138 valence electrons. The zero-order valence-corrected chi connectivity index (χ0v) is 15.9. The van der Waals surface area contributed by atoms with Crippen LogP contribution in [0.3, 0.4) is 0 Å². The summed E-state index contributed by atoms with van der Waals surface area (Å²) in [6.45, 7) is 6.23. The smallest absolute Gasteiger partial charge is 0.0253 e. The lowest BCUT2D eigenvalue weighted by atomic mass is 9.97. The summed E-state index contributed by atoms with van der Waals surface area (Å²) in [5.41, 5.74) is 0. The van der Waals surface area contributed by atoms with Crippen molar-refractivity contribution in [3.05, 3.63) is 0 Å². The van der Waals surface area contributed by atoms with Gasteiger partial charge in [-0.3, -0.25) is 0 Å². The molecule has 0 atom stereocenters. The Kier molecular flexibility index (Phi) is 13.0. The molecule has 0 spiro atoms. The standard InChI is InChI=1S/C20H42N2O/c1-3-5-7-9-11-13-19(14-12-10-8-6-4-2)21-20-15-17-22(23)18-16-20/h19-21,23H,3-18H2,1-2H3. The van der Waals surface area contributed by atoms with E-state index in [4.69, 9.17) is 0 Å². The van der Waals surface area contributed by atoms with Crippen molar-refractivity contribution in [1.82, 2.24) is 10.4 Å². The number of hydroxylamine groups is 2. The van der Waals surface area contributed by atoms with Crippen LogP contribution in [0.25, 0.3) is 0 Å². The lowest BCUT2D eigenvalue weighted by Gasteiger charge is -2.32. The van der Waals surface area contributed by atoms with Gasteiger partial charge in [-0.1, -0.05) is 78.1 Å². The van der Waals surface area contributed by atoms with Crippen molar-refractivity contribution >= 4 is 0 Å². The van der Waals surface area contributed by atoms with Gasteiger partial charge < -0.3 is 10.5 Å². The van der Waals surface area contributed by atoms with Crippen molar-refractivity contribution in [1.29, 1.82) is 0 Å². The highest BCUT2D eigenvalue weighted by Crippen LogP contribution is 2.17. The van der Waals surface area contributed by atoms with Crippen LogP contribution in [0, 0.1) is 0 Å². The highest BCUT2D eigenvalue weighted by atomic mass is 16.5.